The van der Waals surface area contributed by atoms with Gasteiger partial charge in [-0.1, -0.05) is 0 Å². The second-order valence-corrected chi connectivity index (χ2v) is 5.29. The highest BCUT2D eigenvalue weighted by Gasteiger charge is 2.31. The highest BCUT2D eigenvalue weighted by atomic mass is 19.4. The molecule has 0 bridgehead atoms. The van der Waals surface area contributed by atoms with Gasteiger partial charge in [0, 0.05) is 29.9 Å². The van der Waals surface area contributed by atoms with Crippen molar-refractivity contribution in [1.82, 2.24) is 20.5 Å². The molecule has 130 valence electrons. The molecule has 25 heavy (non-hydrogen) atoms. The Hall–Kier alpha value is -2.94. The lowest BCUT2D eigenvalue weighted by atomic mass is 9.99. The molecule has 3 aromatic rings. The molecule has 0 aliphatic carbocycles. The van der Waals surface area contributed by atoms with Crippen LogP contribution >= 0.6 is 0 Å². The summed E-state index contributed by atoms with van der Waals surface area (Å²) < 4.78 is 39.4. The third kappa shape index (κ3) is 3.45. The van der Waals surface area contributed by atoms with E-state index in [0.717, 1.165) is 12.1 Å². The van der Waals surface area contributed by atoms with Gasteiger partial charge in [-0.3, -0.25) is 14.9 Å². The summed E-state index contributed by atoms with van der Waals surface area (Å²) in [6.07, 6.45) is -0.415. The Bertz CT molecular complexity index is 921. The first-order valence-electron chi connectivity index (χ1n) is 7.29. The summed E-state index contributed by atoms with van der Waals surface area (Å²) in [5.74, 6) is -0.473. The first-order valence-corrected chi connectivity index (χ1v) is 7.29. The van der Waals surface area contributed by atoms with Crippen LogP contribution in [0.1, 0.15) is 15.9 Å². The van der Waals surface area contributed by atoms with Gasteiger partial charge in [0.05, 0.1) is 29.4 Å². The standard InChI is InChI=1S/C16H13F3N4O2/c17-16(18,19)11-4-12(13-8-22-23-14(13)5-11)9-3-10(7-20-6-9)15(25)21-1-2-24/h3-8,24H,1-2H2,(H,21,25)(H,22,23). The van der Waals surface area contributed by atoms with E-state index in [1.807, 2.05) is 0 Å². The van der Waals surface area contributed by atoms with Gasteiger partial charge < -0.3 is 10.4 Å². The van der Waals surface area contributed by atoms with Crippen LogP contribution in [0.3, 0.4) is 0 Å². The molecule has 2 aromatic heterocycles. The van der Waals surface area contributed by atoms with Gasteiger partial charge >= 0.3 is 6.18 Å². The quantitative estimate of drug-likeness (QED) is 0.674. The second-order valence-electron chi connectivity index (χ2n) is 5.29. The normalized spacial score (nSPS) is 11.7. The molecule has 0 aliphatic rings. The second kappa shape index (κ2) is 6.52. The summed E-state index contributed by atoms with van der Waals surface area (Å²) >= 11 is 0. The number of amides is 1. The minimum Gasteiger partial charge on any atom is -0.395 e. The van der Waals surface area contributed by atoms with Crippen molar-refractivity contribution in [2.75, 3.05) is 13.2 Å². The zero-order chi connectivity index (χ0) is 18.0. The van der Waals surface area contributed by atoms with Crippen LogP contribution in [0.2, 0.25) is 0 Å². The number of H-pyrrole nitrogens is 1. The Morgan fingerprint density at radius 3 is 2.72 bits per heavy atom. The molecule has 0 atom stereocenters. The van der Waals surface area contributed by atoms with Crippen molar-refractivity contribution in [1.29, 1.82) is 0 Å². The van der Waals surface area contributed by atoms with Crippen molar-refractivity contribution in [3.05, 3.63) is 47.9 Å². The smallest absolute Gasteiger partial charge is 0.395 e. The van der Waals surface area contributed by atoms with Crippen molar-refractivity contribution < 1.29 is 23.1 Å². The summed E-state index contributed by atoms with van der Waals surface area (Å²) in [5.41, 5.74) is 0.214. The van der Waals surface area contributed by atoms with Crippen molar-refractivity contribution in [3.8, 4) is 11.1 Å². The number of carbonyl (C=O) groups is 1. The summed E-state index contributed by atoms with van der Waals surface area (Å²) in [6, 6.07) is 3.43. The largest absolute Gasteiger partial charge is 0.416 e. The number of aromatic amines is 1. The molecule has 1 aromatic carbocycles. The number of halogens is 3. The fourth-order valence-corrected chi connectivity index (χ4v) is 2.44. The molecule has 3 rings (SSSR count). The van der Waals surface area contributed by atoms with Gasteiger partial charge in [0.1, 0.15) is 0 Å². The summed E-state index contributed by atoms with van der Waals surface area (Å²) in [7, 11) is 0. The Kier molecular flexibility index (Phi) is 4.41. The van der Waals surface area contributed by atoms with E-state index in [-0.39, 0.29) is 29.8 Å². The van der Waals surface area contributed by atoms with Crippen LogP contribution in [0.25, 0.3) is 22.0 Å². The fourth-order valence-electron chi connectivity index (χ4n) is 2.44. The maximum Gasteiger partial charge on any atom is 0.416 e. The average molecular weight is 350 g/mol. The van der Waals surface area contributed by atoms with E-state index >= 15 is 0 Å². The van der Waals surface area contributed by atoms with E-state index < -0.39 is 17.6 Å². The van der Waals surface area contributed by atoms with E-state index in [9.17, 15) is 18.0 Å². The maximum atomic E-state index is 13.1. The fraction of sp³-hybridized carbons (Fsp3) is 0.188. The number of pyridine rings is 1. The monoisotopic (exact) mass is 350 g/mol. The minimum absolute atomic E-state index is 0.0681. The Balaban J connectivity index is 2.10. The van der Waals surface area contributed by atoms with Crippen molar-refractivity contribution >= 4 is 16.8 Å². The van der Waals surface area contributed by atoms with Gasteiger partial charge in [-0.15, -0.1) is 0 Å². The number of alkyl halides is 3. The topological polar surface area (TPSA) is 90.9 Å². The van der Waals surface area contributed by atoms with Gasteiger partial charge in [0.2, 0.25) is 0 Å². The Morgan fingerprint density at radius 2 is 2.00 bits per heavy atom. The number of nitrogens with zero attached hydrogens (tertiary/aromatic N) is 2. The number of hydrogen-bond acceptors (Lipinski definition) is 4. The molecule has 0 unspecified atom stereocenters. The van der Waals surface area contributed by atoms with Crippen LogP contribution in [0.15, 0.2) is 36.8 Å². The summed E-state index contributed by atoms with van der Waals surface area (Å²) in [5, 5.41) is 18.0. The van der Waals surface area contributed by atoms with Gasteiger partial charge in [-0.05, 0) is 23.8 Å². The zero-order valence-electron chi connectivity index (χ0n) is 12.8. The van der Waals surface area contributed by atoms with E-state index in [2.05, 4.69) is 20.5 Å². The van der Waals surface area contributed by atoms with Gasteiger partial charge in [0.15, 0.2) is 0 Å². The minimum atomic E-state index is -4.52. The Morgan fingerprint density at radius 1 is 1.20 bits per heavy atom. The molecule has 0 saturated heterocycles. The van der Waals surface area contributed by atoms with Crippen LogP contribution in [-0.4, -0.2) is 39.3 Å². The van der Waals surface area contributed by atoms with Crippen LogP contribution in [-0.2, 0) is 6.18 Å². The molecular weight excluding hydrogens is 337 g/mol. The van der Waals surface area contributed by atoms with Crippen molar-refractivity contribution in [2.45, 2.75) is 6.18 Å². The third-order valence-corrected chi connectivity index (χ3v) is 3.59. The molecule has 0 saturated carbocycles. The molecule has 0 aliphatic heterocycles. The average Bonchev–Trinajstić information content (AvgIpc) is 3.06. The van der Waals surface area contributed by atoms with Gasteiger partial charge in [-0.25, -0.2) is 0 Å². The number of nitrogens with one attached hydrogen (secondary N) is 2. The molecule has 6 nitrogen and oxygen atoms in total. The lowest BCUT2D eigenvalue weighted by molar-refractivity contribution is -0.137. The Labute approximate surface area is 139 Å². The zero-order valence-corrected chi connectivity index (χ0v) is 12.8. The van der Waals surface area contributed by atoms with Gasteiger partial charge in [-0.2, -0.15) is 18.3 Å². The first-order chi connectivity index (χ1) is 11.9. The van der Waals surface area contributed by atoms with Crippen molar-refractivity contribution in [2.24, 2.45) is 0 Å². The van der Waals surface area contributed by atoms with Crippen molar-refractivity contribution in [3.63, 3.8) is 0 Å². The molecular formula is C16H13F3N4O2. The third-order valence-electron chi connectivity index (χ3n) is 3.59. The lowest BCUT2D eigenvalue weighted by Crippen LogP contribution is -2.26. The van der Waals surface area contributed by atoms with Crippen LogP contribution < -0.4 is 5.32 Å². The lowest BCUT2D eigenvalue weighted by Gasteiger charge is -2.11. The molecule has 0 spiro atoms. The number of carbonyl (C=O) groups excluding carboxylic acids is 1. The number of aliphatic hydroxyl groups excluding tert-OH is 1. The number of rotatable bonds is 4. The first kappa shape index (κ1) is 16.9. The number of benzene rings is 1. The van der Waals surface area contributed by atoms with Crippen LogP contribution in [0, 0.1) is 0 Å². The predicted octanol–water partition coefficient (Wildman–Crippen LogP) is 2.37. The molecule has 0 fully saturated rings. The SMILES string of the molecule is O=C(NCCO)c1cncc(-c2cc(C(F)(F)F)cc3[nH]ncc23)c1. The number of aromatic nitrogens is 3. The number of fused-ring (bicyclic) bond motifs is 1. The molecule has 2 heterocycles. The summed E-state index contributed by atoms with van der Waals surface area (Å²) in [4.78, 5) is 15.9. The number of aliphatic hydroxyl groups is 1. The van der Waals surface area contributed by atoms with E-state index in [4.69, 9.17) is 5.11 Å². The molecule has 3 N–H and O–H groups in total. The number of hydrogen-bond donors (Lipinski definition) is 3. The highest BCUT2D eigenvalue weighted by Crippen LogP contribution is 2.36. The molecule has 0 radical (unpaired) electrons. The molecule has 9 heteroatoms. The summed E-state index contributed by atoms with van der Waals surface area (Å²) in [6.45, 7) is -0.152. The van der Waals surface area contributed by atoms with E-state index in [1.54, 1.807) is 0 Å². The van der Waals surface area contributed by atoms with Crippen LogP contribution in [0.4, 0.5) is 13.2 Å². The maximum absolute atomic E-state index is 13.1. The van der Waals surface area contributed by atoms with Gasteiger partial charge in [0.25, 0.3) is 5.91 Å². The van der Waals surface area contributed by atoms with E-state index in [1.165, 1.54) is 24.7 Å². The predicted molar refractivity (Wildman–Crippen MR) is 83.7 cm³/mol. The van der Waals surface area contributed by atoms with Crippen LogP contribution in [0.5, 0.6) is 0 Å². The highest BCUT2D eigenvalue weighted by molar-refractivity contribution is 5.98. The molecule has 1 amide bonds. The van der Waals surface area contributed by atoms with E-state index in [0.29, 0.717) is 10.9 Å².